The second-order valence-electron chi connectivity index (χ2n) is 6.21. The zero-order valence-electron chi connectivity index (χ0n) is 15.1. The summed E-state index contributed by atoms with van der Waals surface area (Å²) in [6.07, 6.45) is -6.10. The van der Waals surface area contributed by atoms with Crippen molar-refractivity contribution in [3.05, 3.63) is 59.9 Å². The molecule has 1 N–H and O–H groups in total. The number of nitrogens with zero attached hydrogens (tertiary/aromatic N) is 2. The Morgan fingerprint density at radius 3 is 2.28 bits per heavy atom. The fourth-order valence-electron chi connectivity index (χ4n) is 2.71. The van der Waals surface area contributed by atoms with Gasteiger partial charge in [-0.3, -0.25) is 4.79 Å². The summed E-state index contributed by atoms with van der Waals surface area (Å²) in [6, 6.07) is 10.6. The molecule has 154 valence electrons. The van der Waals surface area contributed by atoms with Gasteiger partial charge < -0.3 is 14.6 Å². The van der Waals surface area contributed by atoms with Crippen molar-refractivity contribution < 1.29 is 36.9 Å². The van der Waals surface area contributed by atoms with Crippen molar-refractivity contribution >= 4 is 11.6 Å². The molecule has 0 unspecified atom stereocenters. The third-order valence-electron chi connectivity index (χ3n) is 4.27. The van der Waals surface area contributed by atoms with Crippen LogP contribution in [0.1, 0.15) is 12.0 Å². The molecule has 3 rings (SSSR count). The van der Waals surface area contributed by atoms with Gasteiger partial charge in [0.2, 0.25) is 0 Å². The van der Waals surface area contributed by atoms with Crippen LogP contribution in [0.4, 0.5) is 17.6 Å². The Morgan fingerprint density at radius 2 is 1.72 bits per heavy atom. The number of ether oxygens (including phenoxy) is 2. The number of hydrazone groups is 1. The van der Waals surface area contributed by atoms with E-state index in [1.807, 2.05) is 0 Å². The number of carbonyl (C=O) groups excluding carboxylic acids is 1. The standard InChI is InChI=1S/C19H16F4N2O4/c1-28-14-6-2-12(3-7-14)16-10-18(27,19(21,22)23)25(24-16)17(26)11-29-15-8-4-13(20)5-9-15/h2-9,27H,10-11H2,1H3/t18-/m0/s1. The van der Waals surface area contributed by atoms with Crippen LogP contribution in [0.15, 0.2) is 53.6 Å². The summed E-state index contributed by atoms with van der Waals surface area (Å²) in [4.78, 5) is 12.4. The minimum Gasteiger partial charge on any atom is -0.497 e. The first kappa shape index (κ1) is 20.6. The van der Waals surface area contributed by atoms with E-state index in [1.54, 1.807) is 0 Å². The van der Waals surface area contributed by atoms with Gasteiger partial charge in [0.05, 0.1) is 19.2 Å². The monoisotopic (exact) mass is 412 g/mol. The van der Waals surface area contributed by atoms with E-state index in [4.69, 9.17) is 9.47 Å². The van der Waals surface area contributed by atoms with Crippen molar-refractivity contribution in [2.24, 2.45) is 5.10 Å². The van der Waals surface area contributed by atoms with Gasteiger partial charge in [-0.1, -0.05) is 0 Å². The van der Waals surface area contributed by atoms with Crippen LogP contribution in [0.5, 0.6) is 11.5 Å². The Labute approximate surface area is 163 Å². The molecule has 0 saturated carbocycles. The van der Waals surface area contributed by atoms with E-state index >= 15 is 0 Å². The average molecular weight is 412 g/mol. The molecule has 0 aliphatic carbocycles. The lowest BCUT2D eigenvalue weighted by Crippen LogP contribution is -2.57. The normalized spacial score (nSPS) is 19.1. The minimum atomic E-state index is -5.16. The molecular weight excluding hydrogens is 396 g/mol. The van der Waals surface area contributed by atoms with E-state index in [9.17, 15) is 27.5 Å². The topological polar surface area (TPSA) is 71.4 Å². The van der Waals surface area contributed by atoms with Crippen molar-refractivity contribution in [2.45, 2.75) is 18.3 Å². The predicted octanol–water partition coefficient (Wildman–Crippen LogP) is 3.10. The molecule has 1 atom stereocenters. The lowest BCUT2D eigenvalue weighted by atomic mass is 10.0. The summed E-state index contributed by atoms with van der Waals surface area (Å²) in [5.74, 6) is -1.19. The van der Waals surface area contributed by atoms with Crippen molar-refractivity contribution in [1.29, 1.82) is 0 Å². The quantitative estimate of drug-likeness (QED) is 0.767. The van der Waals surface area contributed by atoms with Crippen molar-refractivity contribution in [3.63, 3.8) is 0 Å². The molecule has 0 fully saturated rings. The summed E-state index contributed by atoms with van der Waals surface area (Å²) < 4.78 is 63.6. The van der Waals surface area contributed by atoms with E-state index in [1.165, 1.54) is 43.5 Å². The zero-order chi connectivity index (χ0) is 21.2. The molecule has 1 heterocycles. The molecule has 0 aromatic heterocycles. The summed E-state index contributed by atoms with van der Waals surface area (Å²) in [5.41, 5.74) is -3.34. The van der Waals surface area contributed by atoms with Crippen molar-refractivity contribution in [2.75, 3.05) is 13.7 Å². The van der Waals surface area contributed by atoms with Crippen LogP contribution in [-0.4, -0.2) is 47.4 Å². The lowest BCUT2D eigenvalue weighted by molar-refractivity contribution is -0.302. The van der Waals surface area contributed by atoms with Gasteiger partial charge in [-0.25, -0.2) is 4.39 Å². The molecule has 1 aliphatic rings. The number of rotatable bonds is 5. The third kappa shape index (κ3) is 4.16. The van der Waals surface area contributed by atoms with E-state index < -0.39 is 36.7 Å². The van der Waals surface area contributed by atoms with Crippen molar-refractivity contribution in [1.82, 2.24) is 5.01 Å². The molecule has 0 radical (unpaired) electrons. The Hall–Kier alpha value is -3.14. The number of hydrogen-bond donors (Lipinski definition) is 1. The smallest absolute Gasteiger partial charge is 0.438 e. The average Bonchev–Trinajstić information content (AvgIpc) is 3.06. The highest BCUT2D eigenvalue weighted by molar-refractivity contribution is 6.03. The van der Waals surface area contributed by atoms with E-state index in [0.29, 0.717) is 11.3 Å². The molecule has 2 aromatic rings. The third-order valence-corrected chi connectivity index (χ3v) is 4.27. The summed E-state index contributed by atoms with van der Waals surface area (Å²) in [7, 11) is 1.44. The van der Waals surface area contributed by atoms with E-state index in [0.717, 1.165) is 12.1 Å². The first-order valence-electron chi connectivity index (χ1n) is 8.36. The second kappa shape index (κ2) is 7.70. The molecule has 6 nitrogen and oxygen atoms in total. The molecule has 0 bridgehead atoms. The Kier molecular flexibility index (Phi) is 5.47. The molecule has 1 aliphatic heterocycles. The van der Waals surface area contributed by atoms with Crippen molar-refractivity contribution in [3.8, 4) is 11.5 Å². The number of methoxy groups -OCH3 is 1. The Morgan fingerprint density at radius 1 is 1.14 bits per heavy atom. The van der Waals surface area contributed by atoms with Crippen LogP contribution in [0.25, 0.3) is 0 Å². The molecule has 10 heteroatoms. The van der Waals surface area contributed by atoms with Crippen LogP contribution in [0.3, 0.4) is 0 Å². The molecular formula is C19H16F4N2O4. The number of hydrogen-bond acceptors (Lipinski definition) is 5. The fourth-order valence-corrected chi connectivity index (χ4v) is 2.71. The van der Waals surface area contributed by atoms with Crippen LogP contribution < -0.4 is 9.47 Å². The highest BCUT2D eigenvalue weighted by Crippen LogP contribution is 2.41. The van der Waals surface area contributed by atoms with Gasteiger partial charge >= 0.3 is 6.18 Å². The Balaban J connectivity index is 1.83. The maximum atomic E-state index is 13.6. The molecule has 29 heavy (non-hydrogen) atoms. The summed E-state index contributed by atoms with van der Waals surface area (Å²) >= 11 is 0. The maximum Gasteiger partial charge on any atom is 0.438 e. The molecule has 0 saturated heterocycles. The van der Waals surface area contributed by atoms with E-state index in [2.05, 4.69) is 5.10 Å². The first-order valence-corrected chi connectivity index (χ1v) is 8.36. The lowest BCUT2D eigenvalue weighted by Gasteiger charge is -2.32. The van der Waals surface area contributed by atoms with Crippen LogP contribution in [0, 0.1) is 5.82 Å². The SMILES string of the molecule is COc1ccc(C2=NN(C(=O)COc3ccc(F)cc3)[C@@](O)(C(F)(F)F)C2)cc1. The Bertz CT molecular complexity index is 913. The number of benzene rings is 2. The minimum absolute atomic E-state index is 0.0178. The molecule has 0 spiro atoms. The number of halogens is 4. The van der Waals surface area contributed by atoms with Crippen LogP contribution >= 0.6 is 0 Å². The largest absolute Gasteiger partial charge is 0.497 e. The summed E-state index contributed by atoms with van der Waals surface area (Å²) in [5, 5.41) is 14.0. The highest BCUT2D eigenvalue weighted by atomic mass is 19.4. The number of amides is 1. The number of alkyl halides is 3. The van der Waals surface area contributed by atoms with Gasteiger partial charge in [0.15, 0.2) is 6.61 Å². The van der Waals surface area contributed by atoms with Gasteiger partial charge in [-0.15, -0.1) is 0 Å². The van der Waals surface area contributed by atoms with Crippen LogP contribution in [0.2, 0.25) is 0 Å². The second-order valence-corrected chi connectivity index (χ2v) is 6.21. The highest BCUT2D eigenvalue weighted by Gasteiger charge is 2.63. The molecule has 1 amide bonds. The first-order chi connectivity index (χ1) is 13.6. The summed E-state index contributed by atoms with van der Waals surface area (Å²) in [6.45, 7) is -0.830. The zero-order valence-corrected chi connectivity index (χ0v) is 15.1. The van der Waals surface area contributed by atoms with E-state index in [-0.39, 0.29) is 16.5 Å². The van der Waals surface area contributed by atoms with Gasteiger partial charge in [0.25, 0.3) is 11.6 Å². The number of aliphatic hydroxyl groups is 1. The molecule has 2 aromatic carbocycles. The van der Waals surface area contributed by atoms with Gasteiger partial charge in [-0.05, 0) is 54.1 Å². The fraction of sp³-hybridized carbons (Fsp3) is 0.263. The van der Waals surface area contributed by atoms with Gasteiger partial charge in [-0.2, -0.15) is 23.3 Å². The number of carbonyl (C=O) groups is 1. The van der Waals surface area contributed by atoms with Crippen LogP contribution in [-0.2, 0) is 4.79 Å². The van der Waals surface area contributed by atoms with Gasteiger partial charge in [0, 0.05) is 0 Å². The predicted molar refractivity (Wildman–Crippen MR) is 93.9 cm³/mol. The maximum absolute atomic E-state index is 13.6. The van der Waals surface area contributed by atoms with Gasteiger partial charge in [0.1, 0.15) is 17.3 Å².